The van der Waals surface area contributed by atoms with Gasteiger partial charge in [0.05, 0.1) is 0 Å². The second kappa shape index (κ2) is 3.46. The summed E-state index contributed by atoms with van der Waals surface area (Å²) >= 11 is 1.35. The number of hydrogen-bond acceptors (Lipinski definition) is 1. The molecule has 0 aromatic carbocycles. The molecule has 0 aliphatic carbocycles. The summed E-state index contributed by atoms with van der Waals surface area (Å²) in [5.41, 5.74) is 0. The normalized spacial score (nSPS) is 7.67. The summed E-state index contributed by atoms with van der Waals surface area (Å²) in [7, 11) is 0. The van der Waals surface area contributed by atoms with Crippen LogP contribution in [0.25, 0.3) is 0 Å². The van der Waals surface area contributed by atoms with E-state index in [-0.39, 0.29) is 5.91 Å². The molecule has 0 aliphatic rings. The molecule has 3 radical (unpaired) electrons. The van der Waals surface area contributed by atoms with E-state index in [0.29, 0.717) is 0 Å². The minimum absolute atomic E-state index is 0.0619. The zero-order valence-electron chi connectivity index (χ0n) is 3.62. The van der Waals surface area contributed by atoms with E-state index in [2.05, 4.69) is 5.32 Å². The Kier molecular flexibility index (Phi) is 3.61. The van der Waals surface area contributed by atoms with Crippen LogP contribution >= 0.6 is 0 Å². The van der Waals surface area contributed by atoms with E-state index >= 15 is 0 Å². The molecule has 6 heavy (non-hydrogen) atoms. The fourth-order valence-corrected chi connectivity index (χ4v) is 0.835. The Morgan fingerprint density at radius 2 is 2.50 bits per heavy atom. The van der Waals surface area contributed by atoms with E-state index in [9.17, 15) is 4.79 Å². The molecule has 33 valence electrons. The van der Waals surface area contributed by atoms with Crippen LogP contribution in [0.4, 0.5) is 0 Å². The molecule has 0 aliphatic heterocycles. The SMILES string of the molecule is CC(=O)N[CH2][Sn]. The molecule has 2 nitrogen and oxygen atoms in total. The molecule has 0 fully saturated rings. The topological polar surface area (TPSA) is 29.1 Å². The van der Waals surface area contributed by atoms with Crippen molar-refractivity contribution in [1.82, 2.24) is 5.32 Å². The zero-order chi connectivity index (χ0) is 4.99. The number of hydrogen-bond donors (Lipinski definition) is 1. The number of amides is 1. The summed E-state index contributed by atoms with van der Waals surface area (Å²) in [6.07, 6.45) is 0. The second-order valence-corrected chi connectivity index (χ2v) is 1.92. The van der Waals surface area contributed by atoms with Crippen LogP contribution in [-0.4, -0.2) is 33.0 Å². The van der Waals surface area contributed by atoms with Crippen LogP contribution in [0.1, 0.15) is 6.92 Å². The zero-order valence-corrected chi connectivity index (χ0v) is 6.47. The van der Waals surface area contributed by atoms with Crippen LogP contribution in [0.3, 0.4) is 0 Å². The van der Waals surface area contributed by atoms with Gasteiger partial charge in [-0.25, -0.2) is 0 Å². The predicted octanol–water partition coefficient (Wildman–Crippen LogP) is -0.752. The molecule has 0 rings (SSSR count). The standard InChI is InChI=1S/C3H6NO.Sn/c1-3(5)4-2;/h2H2,1H3,(H,4,5);. The van der Waals surface area contributed by atoms with Crippen molar-refractivity contribution in [3.63, 3.8) is 0 Å². The number of carbonyl (C=O) groups is 1. The van der Waals surface area contributed by atoms with Crippen molar-refractivity contribution in [1.29, 1.82) is 0 Å². The average molecular weight is 191 g/mol. The first kappa shape index (κ1) is 6.27. The van der Waals surface area contributed by atoms with Gasteiger partial charge in [0.25, 0.3) is 0 Å². The van der Waals surface area contributed by atoms with Gasteiger partial charge >= 0.3 is 50.0 Å². The monoisotopic (exact) mass is 192 g/mol. The van der Waals surface area contributed by atoms with E-state index in [1.54, 1.807) is 0 Å². The van der Waals surface area contributed by atoms with Crippen molar-refractivity contribution in [2.24, 2.45) is 0 Å². The Labute approximate surface area is 50.4 Å². The van der Waals surface area contributed by atoms with Crippen LogP contribution < -0.4 is 5.32 Å². The molecule has 0 saturated heterocycles. The molecule has 3 heteroatoms. The van der Waals surface area contributed by atoms with Crippen molar-refractivity contribution in [3.8, 4) is 0 Å². The van der Waals surface area contributed by atoms with E-state index < -0.39 is 0 Å². The van der Waals surface area contributed by atoms with Crippen LogP contribution in [0.2, 0.25) is 0 Å². The Morgan fingerprint density at radius 3 is 2.50 bits per heavy atom. The van der Waals surface area contributed by atoms with Gasteiger partial charge in [0.1, 0.15) is 0 Å². The number of nitrogens with one attached hydrogen (secondary N) is 1. The van der Waals surface area contributed by atoms with E-state index in [0.717, 1.165) is 4.56 Å². The van der Waals surface area contributed by atoms with Gasteiger partial charge in [-0.15, -0.1) is 0 Å². The first-order valence-corrected chi connectivity index (χ1v) is 3.68. The molecular formula is C3H6NOSn. The van der Waals surface area contributed by atoms with Gasteiger partial charge in [0.15, 0.2) is 0 Å². The molecule has 0 spiro atoms. The number of rotatable bonds is 1. The summed E-state index contributed by atoms with van der Waals surface area (Å²) in [5, 5.41) is 2.61. The first-order valence-electron chi connectivity index (χ1n) is 1.66. The van der Waals surface area contributed by atoms with Crippen LogP contribution in [0.15, 0.2) is 0 Å². The third kappa shape index (κ3) is 4.27. The van der Waals surface area contributed by atoms with Crippen molar-refractivity contribution in [2.75, 3.05) is 4.56 Å². The van der Waals surface area contributed by atoms with Crippen LogP contribution in [-0.2, 0) is 4.79 Å². The minimum atomic E-state index is 0.0619. The molecule has 0 unspecified atom stereocenters. The van der Waals surface area contributed by atoms with Gasteiger partial charge in [-0.2, -0.15) is 0 Å². The summed E-state index contributed by atoms with van der Waals surface area (Å²) in [4.78, 5) is 9.95. The van der Waals surface area contributed by atoms with Gasteiger partial charge in [-0.1, -0.05) is 0 Å². The molecule has 1 amide bonds. The third-order valence-electron chi connectivity index (χ3n) is 0.337. The molecule has 1 N–H and O–H groups in total. The van der Waals surface area contributed by atoms with E-state index in [1.807, 2.05) is 0 Å². The Balaban J connectivity index is 2.83. The molecule has 0 atom stereocenters. The Morgan fingerprint density at radius 1 is 2.00 bits per heavy atom. The van der Waals surface area contributed by atoms with Crippen molar-refractivity contribution < 1.29 is 4.79 Å². The summed E-state index contributed by atoms with van der Waals surface area (Å²) in [6.45, 7) is 1.52. The quantitative estimate of drug-likeness (QED) is 0.542. The van der Waals surface area contributed by atoms with Crippen LogP contribution in [0.5, 0.6) is 0 Å². The van der Waals surface area contributed by atoms with Crippen molar-refractivity contribution >= 4 is 28.4 Å². The summed E-state index contributed by atoms with van der Waals surface area (Å²) < 4.78 is 0.821. The van der Waals surface area contributed by atoms with Crippen molar-refractivity contribution in [2.45, 2.75) is 6.92 Å². The maximum atomic E-state index is 9.95. The Hall–Kier alpha value is 0.269. The molecular weight excluding hydrogens is 185 g/mol. The summed E-state index contributed by atoms with van der Waals surface area (Å²) in [5.74, 6) is 0.0619. The molecule has 0 saturated carbocycles. The van der Waals surface area contributed by atoms with Gasteiger partial charge in [0, 0.05) is 0 Å². The predicted molar refractivity (Wildman–Crippen MR) is 24.4 cm³/mol. The Bertz CT molecular complexity index is 54.8. The van der Waals surface area contributed by atoms with Gasteiger partial charge in [-0.3, -0.25) is 0 Å². The van der Waals surface area contributed by atoms with Gasteiger partial charge in [-0.05, 0) is 0 Å². The van der Waals surface area contributed by atoms with Gasteiger partial charge < -0.3 is 0 Å². The fourth-order valence-electron chi connectivity index (χ4n) is 0.124. The third-order valence-corrected chi connectivity index (χ3v) is 0.842. The van der Waals surface area contributed by atoms with E-state index in [4.69, 9.17) is 0 Å². The van der Waals surface area contributed by atoms with Crippen molar-refractivity contribution in [3.05, 3.63) is 0 Å². The summed E-state index contributed by atoms with van der Waals surface area (Å²) in [6, 6.07) is 0. The average Bonchev–Trinajstić information content (AvgIpc) is 1.35. The molecule has 0 aromatic heterocycles. The van der Waals surface area contributed by atoms with Gasteiger partial charge in [0.2, 0.25) is 0 Å². The maximum absolute atomic E-state index is 9.95. The fraction of sp³-hybridized carbons (Fsp3) is 0.667. The first-order chi connectivity index (χ1) is 2.77. The molecule has 0 aromatic rings. The van der Waals surface area contributed by atoms with Crippen LogP contribution in [0, 0.1) is 0 Å². The van der Waals surface area contributed by atoms with E-state index in [1.165, 1.54) is 29.4 Å². The number of carbonyl (C=O) groups excluding carboxylic acids is 1. The molecule has 0 bridgehead atoms. The molecule has 0 heterocycles. The second-order valence-electron chi connectivity index (χ2n) is 0.910.